The van der Waals surface area contributed by atoms with Gasteiger partial charge in [-0.1, -0.05) is 15.9 Å². The second kappa shape index (κ2) is 6.89. The monoisotopic (exact) mass is 286 g/mol. The Hall–Kier alpha value is -0.580. The summed E-state index contributed by atoms with van der Waals surface area (Å²) in [6.07, 6.45) is 0.944. The number of benzene rings is 1. The summed E-state index contributed by atoms with van der Waals surface area (Å²) in [5.74, 6) is 0.901. The van der Waals surface area contributed by atoms with Crippen LogP contribution in [-0.4, -0.2) is 38.2 Å². The molecule has 0 spiro atoms. The van der Waals surface area contributed by atoms with Crippen molar-refractivity contribution >= 4 is 15.9 Å². The van der Waals surface area contributed by atoms with Gasteiger partial charge in [0.1, 0.15) is 5.75 Å². The zero-order valence-corrected chi connectivity index (χ0v) is 11.4. The van der Waals surface area contributed by atoms with E-state index < -0.39 is 0 Å². The normalized spacial score (nSPS) is 12.8. The van der Waals surface area contributed by atoms with Gasteiger partial charge in [0, 0.05) is 17.1 Å². The largest absolute Gasteiger partial charge is 0.494 e. The van der Waals surface area contributed by atoms with Crippen molar-refractivity contribution < 1.29 is 4.74 Å². The highest BCUT2D eigenvalue weighted by molar-refractivity contribution is 9.10. The van der Waals surface area contributed by atoms with E-state index in [0.29, 0.717) is 19.2 Å². The van der Waals surface area contributed by atoms with Gasteiger partial charge in [-0.15, -0.1) is 0 Å². The number of ether oxygens (including phenoxy) is 1. The summed E-state index contributed by atoms with van der Waals surface area (Å²) in [4.78, 5) is 2.13. The molecule has 0 amide bonds. The third kappa shape index (κ3) is 4.51. The molecule has 1 aromatic rings. The predicted molar refractivity (Wildman–Crippen MR) is 70.8 cm³/mol. The van der Waals surface area contributed by atoms with E-state index >= 15 is 0 Å². The second-order valence-corrected chi connectivity index (χ2v) is 4.86. The molecule has 4 heteroatoms. The molecule has 0 radical (unpaired) electrons. The third-order valence-electron chi connectivity index (χ3n) is 2.54. The van der Waals surface area contributed by atoms with Gasteiger partial charge in [-0.25, -0.2) is 0 Å². The van der Waals surface area contributed by atoms with Gasteiger partial charge >= 0.3 is 0 Å². The van der Waals surface area contributed by atoms with E-state index in [1.165, 1.54) is 0 Å². The third-order valence-corrected chi connectivity index (χ3v) is 3.06. The molecule has 1 rings (SSSR count). The van der Waals surface area contributed by atoms with Gasteiger partial charge in [0.25, 0.3) is 0 Å². The first-order chi connectivity index (χ1) is 7.63. The van der Waals surface area contributed by atoms with Gasteiger partial charge in [-0.05, 0) is 44.8 Å². The minimum atomic E-state index is 0.385. The van der Waals surface area contributed by atoms with Crippen molar-refractivity contribution in [2.75, 3.05) is 27.2 Å². The van der Waals surface area contributed by atoms with E-state index in [0.717, 1.165) is 16.6 Å². The highest BCUT2D eigenvalue weighted by Gasteiger charge is 2.08. The minimum absolute atomic E-state index is 0.385. The predicted octanol–water partition coefficient (Wildman–Crippen LogP) is 2.11. The molecule has 90 valence electrons. The van der Waals surface area contributed by atoms with Crippen LogP contribution in [0.5, 0.6) is 5.75 Å². The lowest BCUT2D eigenvalue weighted by Crippen LogP contribution is -2.36. The summed E-state index contributed by atoms with van der Waals surface area (Å²) < 4.78 is 6.70. The molecule has 0 aromatic heterocycles. The van der Waals surface area contributed by atoms with Crippen LogP contribution >= 0.6 is 15.9 Å². The number of hydrogen-bond donors (Lipinski definition) is 1. The zero-order valence-electron chi connectivity index (χ0n) is 9.82. The number of nitrogens with two attached hydrogens (primary N) is 1. The first-order valence-corrected chi connectivity index (χ1v) is 6.17. The molecule has 16 heavy (non-hydrogen) atoms. The first-order valence-electron chi connectivity index (χ1n) is 5.38. The van der Waals surface area contributed by atoms with Crippen molar-refractivity contribution in [1.29, 1.82) is 0 Å². The Labute approximate surface area is 106 Å². The van der Waals surface area contributed by atoms with E-state index in [1.54, 1.807) is 0 Å². The van der Waals surface area contributed by atoms with Crippen LogP contribution in [0.3, 0.4) is 0 Å². The Morgan fingerprint density at radius 1 is 1.31 bits per heavy atom. The van der Waals surface area contributed by atoms with Crippen LogP contribution in [0.4, 0.5) is 0 Å². The lowest BCUT2D eigenvalue weighted by atomic mass is 10.2. The average Bonchev–Trinajstić information content (AvgIpc) is 2.26. The van der Waals surface area contributed by atoms with Crippen molar-refractivity contribution in [3.63, 3.8) is 0 Å². The van der Waals surface area contributed by atoms with Crippen LogP contribution < -0.4 is 10.5 Å². The van der Waals surface area contributed by atoms with Crippen LogP contribution in [-0.2, 0) is 0 Å². The molecular weight excluding hydrogens is 268 g/mol. The number of hydrogen-bond acceptors (Lipinski definition) is 3. The van der Waals surface area contributed by atoms with E-state index in [2.05, 4.69) is 20.8 Å². The topological polar surface area (TPSA) is 38.5 Å². The summed E-state index contributed by atoms with van der Waals surface area (Å²) in [5.41, 5.74) is 5.67. The molecule has 0 aliphatic rings. The molecule has 2 N–H and O–H groups in total. The van der Waals surface area contributed by atoms with Gasteiger partial charge in [-0.3, -0.25) is 0 Å². The Morgan fingerprint density at radius 2 is 1.94 bits per heavy atom. The van der Waals surface area contributed by atoms with Crippen LogP contribution in [0, 0.1) is 0 Å². The molecule has 0 heterocycles. The lowest BCUT2D eigenvalue weighted by Gasteiger charge is -2.22. The van der Waals surface area contributed by atoms with E-state index in [9.17, 15) is 0 Å². The Balaban J connectivity index is 2.32. The minimum Gasteiger partial charge on any atom is -0.494 e. The maximum Gasteiger partial charge on any atom is 0.119 e. The fraction of sp³-hybridized carbons (Fsp3) is 0.500. The smallest absolute Gasteiger partial charge is 0.119 e. The van der Waals surface area contributed by atoms with E-state index in [1.807, 2.05) is 38.4 Å². The van der Waals surface area contributed by atoms with Gasteiger partial charge in [0.05, 0.1) is 6.61 Å². The first kappa shape index (κ1) is 13.5. The molecule has 0 saturated carbocycles. The average molecular weight is 287 g/mol. The molecule has 0 saturated heterocycles. The number of likely N-dealkylation sites (N-methyl/N-ethyl adjacent to an activating group) is 1. The van der Waals surface area contributed by atoms with Crippen molar-refractivity contribution in [3.05, 3.63) is 28.7 Å². The van der Waals surface area contributed by atoms with E-state index in [-0.39, 0.29) is 0 Å². The molecule has 0 bridgehead atoms. The van der Waals surface area contributed by atoms with Gasteiger partial charge in [-0.2, -0.15) is 0 Å². The molecular formula is C12H19BrN2O. The lowest BCUT2D eigenvalue weighted by molar-refractivity contribution is 0.225. The summed E-state index contributed by atoms with van der Waals surface area (Å²) >= 11 is 3.39. The molecule has 1 atom stereocenters. The highest BCUT2D eigenvalue weighted by atomic mass is 79.9. The van der Waals surface area contributed by atoms with Crippen LogP contribution in [0.15, 0.2) is 28.7 Å². The van der Waals surface area contributed by atoms with Crippen molar-refractivity contribution in [1.82, 2.24) is 4.90 Å². The molecule has 1 unspecified atom stereocenters. The van der Waals surface area contributed by atoms with Crippen LogP contribution in [0.2, 0.25) is 0 Å². The van der Waals surface area contributed by atoms with Gasteiger partial charge < -0.3 is 15.4 Å². The van der Waals surface area contributed by atoms with Crippen LogP contribution in [0.1, 0.15) is 6.42 Å². The number of nitrogens with zero attached hydrogens (tertiary/aromatic N) is 1. The van der Waals surface area contributed by atoms with Crippen molar-refractivity contribution in [2.45, 2.75) is 12.5 Å². The van der Waals surface area contributed by atoms with Crippen molar-refractivity contribution in [3.8, 4) is 5.75 Å². The molecule has 0 fully saturated rings. The molecule has 3 nitrogen and oxygen atoms in total. The molecule has 0 aliphatic carbocycles. The number of rotatable bonds is 6. The number of halogens is 1. The highest BCUT2D eigenvalue weighted by Crippen LogP contribution is 2.16. The molecule has 1 aromatic carbocycles. The Morgan fingerprint density at radius 3 is 2.44 bits per heavy atom. The van der Waals surface area contributed by atoms with Crippen molar-refractivity contribution in [2.24, 2.45) is 5.73 Å². The standard InChI is InChI=1S/C12H19BrN2O/c1-15(2)11(9-14)7-8-16-12-5-3-10(13)4-6-12/h3-6,11H,7-9,14H2,1-2H3. The molecule has 0 aliphatic heterocycles. The summed E-state index contributed by atoms with van der Waals surface area (Å²) in [6.45, 7) is 1.36. The summed E-state index contributed by atoms with van der Waals surface area (Å²) in [6, 6.07) is 8.24. The van der Waals surface area contributed by atoms with E-state index in [4.69, 9.17) is 10.5 Å². The van der Waals surface area contributed by atoms with Crippen LogP contribution in [0.25, 0.3) is 0 Å². The quantitative estimate of drug-likeness (QED) is 0.871. The maximum atomic E-state index is 5.67. The SMILES string of the molecule is CN(C)C(CN)CCOc1ccc(Br)cc1. The maximum absolute atomic E-state index is 5.67. The van der Waals surface area contributed by atoms with Gasteiger partial charge in [0.2, 0.25) is 0 Å². The second-order valence-electron chi connectivity index (χ2n) is 3.94. The Kier molecular flexibility index (Phi) is 5.80. The van der Waals surface area contributed by atoms with Gasteiger partial charge in [0.15, 0.2) is 0 Å². The zero-order chi connectivity index (χ0) is 12.0. The Bertz CT molecular complexity index is 300. The fourth-order valence-corrected chi connectivity index (χ4v) is 1.69. The summed E-state index contributed by atoms with van der Waals surface area (Å²) in [5, 5.41) is 0. The summed E-state index contributed by atoms with van der Waals surface area (Å²) in [7, 11) is 4.08. The fourth-order valence-electron chi connectivity index (χ4n) is 1.43.